The minimum atomic E-state index is -0.423. The Bertz CT molecular complexity index is 800. The minimum Gasteiger partial charge on any atom is -0.347 e. The van der Waals surface area contributed by atoms with E-state index in [-0.39, 0.29) is 17.6 Å². The molecule has 0 saturated carbocycles. The van der Waals surface area contributed by atoms with Gasteiger partial charge in [-0.1, -0.05) is 12.1 Å². The van der Waals surface area contributed by atoms with Crippen molar-refractivity contribution in [2.24, 2.45) is 0 Å². The number of carbonyl (C=O) groups excluding carboxylic acids is 1. The Morgan fingerprint density at radius 1 is 1.35 bits per heavy atom. The van der Waals surface area contributed by atoms with Crippen LogP contribution in [0.3, 0.4) is 0 Å². The topological polar surface area (TPSA) is 107 Å². The number of aryl methyl sites for hydroxylation is 1. The Balaban J connectivity index is 1.62. The van der Waals surface area contributed by atoms with Crippen LogP contribution in [-0.4, -0.2) is 37.5 Å². The molecule has 9 heteroatoms. The summed E-state index contributed by atoms with van der Waals surface area (Å²) < 4.78 is 4.97. The summed E-state index contributed by atoms with van der Waals surface area (Å²) in [4.78, 5) is 29.5. The maximum Gasteiger partial charge on any atom is 0.316 e. The molecule has 0 aliphatic heterocycles. The van der Waals surface area contributed by atoms with E-state index in [9.17, 15) is 4.79 Å². The lowest BCUT2D eigenvalue weighted by Crippen LogP contribution is -2.27. The molecule has 0 aliphatic rings. The number of aromatic nitrogens is 5. The van der Waals surface area contributed by atoms with Crippen LogP contribution in [0.25, 0.3) is 11.5 Å². The van der Waals surface area contributed by atoms with E-state index in [4.69, 9.17) is 4.52 Å². The molecule has 3 aromatic rings. The van der Waals surface area contributed by atoms with E-state index in [2.05, 4.69) is 30.4 Å². The fraction of sp³-hybridized carbons (Fsp3) is 0.286. The number of hydrogen-bond donors (Lipinski definition) is 1. The van der Waals surface area contributed by atoms with E-state index in [0.29, 0.717) is 12.2 Å². The van der Waals surface area contributed by atoms with Crippen LogP contribution in [0.1, 0.15) is 33.4 Å². The maximum atomic E-state index is 12.1. The van der Waals surface area contributed by atoms with Crippen molar-refractivity contribution in [1.29, 1.82) is 0 Å². The Hall–Kier alpha value is -2.68. The quantitative estimate of drug-likeness (QED) is 0.760. The fourth-order valence-corrected chi connectivity index (χ4v) is 2.67. The first kappa shape index (κ1) is 15.2. The number of amides is 1. The van der Waals surface area contributed by atoms with Gasteiger partial charge in [0, 0.05) is 35.9 Å². The number of hydrogen-bond acceptors (Lipinski definition) is 8. The summed E-state index contributed by atoms with van der Waals surface area (Å²) in [5, 5.41) is 7.48. The molecule has 0 aliphatic carbocycles. The van der Waals surface area contributed by atoms with Gasteiger partial charge in [-0.2, -0.15) is 4.98 Å². The molecule has 3 aromatic heterocycles. The summed E-state index contributed by atoms with van der Waals surface area (Å²) in [5.41, 5.74) is 0.446. The van der Waals surface area contributed by atoms with E-state index in [1.165, 1.54) is 12.4 Å². The molecular weight excluding hydrogens is 316 g/mol. The van der Waals surface area contributed by atoms with Gasteiger partial charge in [-0.05, 0) is 6.92 Å². The Kier molecular flexibility index (Phi) is 4.38. The summed E-state index contributed by atoms with van der Waals surface area (Å²) >= 11 is 1.62. The number of nitrogens with zero attached hydrogens (tertiary/aromatic N) is 5. The zero-order chi connectivity index (χ0) is 16.2. The van der Waals surface area contributed by atoms with Crippen LogP contribution in [0.5, 0.6) is 0 Å². The fourth-order valence-electron chi connectivity index (χ4n) is 1.84. The second-order valence-electron chi connectivity index (χ2n) is 4.93. The molecule has 1 amide bonds. The number of thiazole rings is 1. The van der Waals surface area contributed by atoms with Gasteiger partial charge < -0.3 is 9.84 Å². The molecule has 0 spiro atoms. The summed E-state index contributed by atoms with van der Waals surface area (Å²) in [6.07, 6.45) is 6.38. The monoisotopic (exact) mass is 330 g/mol. The Morgan fingerprint density at radius 3 is 2.91 bits per heavy atom. The maximum absolute atomic E-state index is 12.1. The third-order valence-electron chi connectivity index (χ3n) is 3.04. The zero-order valence-corrected chi connectivity index (χ0v) is 13.4. The van der Waals surface area contributed by atoms with Crippen molar-refractivity contribution in [3.05, 3.63) is 40.6 Å². The smallest absolute Gasteiger partial charge is 0.316 e. The molecule has 3 heterocycles. The lowest BCUT2D eigenvalue weighted by Gasteiger charge is -2.08. The van der Waals surface area contributed by atoms with Gasteiger partial charge >= 0.3 is 11.8 Å². The highest BCUT2D eigenvalue weighted by molar-refractivity contribution is 7.11. The summed E-state index contributed by atoms with van der Waals surface area (Å²) in [6, 6.07) is 0. The zero-order valence-electron chi connectivity index (χ0n) is 12.6. The number of rotatable bonds is 5. The highest BCUT2D eigenvalue weighted by Gasteiger charge is 2.18. The Morgan fingerprint density at radius 2 is 2.22 bits per heavy atom. The lowest BCUT2D eigenvalue weighted by molar-refractivity contribution is 0.0908. The molecule has 0 radical (unpaired) electrons. The molecule has 0 aromatic carbocycles. The highest BCUT2D eigenvalue weighted by atomic mass is 32.1. The number of nitrogens with one attached hydrogen (secondary N) is 1. The van der Waals surface area contributed by atoms with Gasteiger partial charge in [0.15, 0.2) is 0 Å². The molecule has 8 nitrogen and oxygen atoms in total. The first-order valence-corrected chi connectivity index (χ1v) is 7.75. The van der Waals surface area contributed by atoms with Gasteiger partial charge in [0.2, 0.25) is 5.82 Å². The molecule has 0 fully saturated rings. The average molecular weight is 330 g/mol. The van der Waals surface area contributed by atoms with Crippen LogP contribution < -0.4 is 5.32 Å². The molecule has 0 saturated heterocycles. The van der Waals surface area contributed by atoms with Crippen LogP contribution in [0.4, 0.5) is 0 Å². The standard InChI is InChI=1S/C14H14N6O2S/c1-8(14-18-6-9(2)23-14)5-17-12(21)13-19-11(20-22-13)10-7-15-3-4-16-10/h3-4,6-8H,5H2,1-2H3,(H,17,21). The molecule has 1 unspecified atom stereocenters. The van der Waals surface area contributed by atoms with Crippen molar-refractivity contribution < 1.29 is 9.32 Å². The summed E-state index contributed by atoms with van der Waals surface area (Å²) in [5.74, 6) is -0.187. The number of carbonyl (C=O) groups is 1. The third kappa shape index (κ3) is 3.57. The van der Waals surface area contributed by atoms with Crippen molar-refractivity contribution in [1.82, 2.24) is 30.4 Å². The van der Waals surface area contributed by atoms with Crippen molar-refractivity contribution in [2.75, 3.05) is 6.54 Å². The van der Waals surface area contributed by atoms with Crippen LogP contribution in [-0.2, 0) is 0 Å². The summed E-state index contributed by atoms with van der Waals surface area (Å²) in [6.45, 7) is 4.44. The third-order valence-corrected chi connectivity index (χ3v) is 4.19. The highest BCUT2D eigenvalue weighted by Crippen LogP contribution is 2.20. The van der Waals surface area contributed by atoms with Crippen molar-refractivity contribution >= 4 is 17.2 Å². The molecule has 1 N–H and O–H groups in total. The van der Waals surface area contributed by atoms with Crippen molar-refractivity contribution in [3.63, 3.8) is 0 Å². The van der Waals surface area contributed by atoms with E-state index in [1.807, 2.05) is 20.0 Å². The second-order valence-corrected chi connectivity index (χ2v) is 6.20. The van der Waals surface area contributed by atoms with E-state index in [0.717, 1.165) is 9.88 Å². The molecule has 118 valence electrons. The SMILES string of the molecule is Cc1cnc(C(C)CNC(=O)c2nc(-c3cnccn3)no2)s1. The Labute approximate surface area is 136 Å². The van der Waals surface area contributed by atoms with Gasteiger partial charge in [-0.15, -0.1) is 11.3 Å². The van der Waals surface area contributed by atoms with Crippen molar-refractivity contribution in [3.8, 4) is 11.5 Å². The van der Waals surface area contributed by atoms with Gasteiger partial charge in [0.25, 0.3) is 0 Å². The van der Waals surface area contributed by atoms with Crippen LogP contribution in [0.15, 0.2) is 29.3 Å². The van der Waals surface area contributed by atoms with Gasteiger partial charge in [0.05, 0.1) is 11.2 Å². The second kappa shape index (κ2) is 6.61. The first-order chi connectivity index (χ1) is 11.1. The molecule has 23 heavy (non-hydrogen) atoms. The van der Waals surface area contributed by atoms with E-state index < -0.39 is 5.91 Å². The molecular formula is C14H14N6O2S. The van der Waals surface area contributed by atoms with Crippen LogP contribution in [0.2, 0.25) is 0 Å². The van der Waals surface area contributed by atoms with Crippen LogP contribution in [0, 0.1) is 6.92 Å². The van der Waals surface area contributed by atoms with Gasteiger partial charge in [0.1, 0.15) is 5.69 Å². The summed E-state index contributed by atoms with van der Waals surface area (Å²) in [7, 11) is 0. The lowest BCUT2D eigenvalue weighted by atomic mass is 10.2. The van der Waals surface area contributed by atoms with Gasteiger partial charge in [-0.3, -0.25) is 9.78 Å². The molecule has 0 bridgehead atoms. The minimum absolute atomic E-state index is 0.104. The predicted molar refractivity (Wildman–Crippen MR) is 82.9 cm³/mol. The predicted octanol–water partition coefficient (Wildman–Crippen LogP) is 1.83. The normalized spacial score (nSPS) is 12.1. The largest absolute Gasteiger partial charge is 0.347 e. The first-order valence-electron chi connectivity index (χ1n) is 6.94. The van der Waals surface area contributed by atoms with E-state index in [1.54, 1.807) is 17.5 Å². The molecule has 3 rings (SSSR count). The van der Waals surface area contributed by atoms with Gasteiger partial charge in [-0.25, -0.2) is 9.97 Å². The van der Waals surface area contributed by atoms with Crippen molar-refractivity contribution in [2.45, 2.75) is 19.8 Å². The van der Waals surface area contributed by atoms with Crippen LogP contribution >= 0.6 is 11.3 Å². The average Bonchev–Trinajstić information content (AvgIpc) is 3.22. The van der Waals surface area contributed by atoms with E-state index >= 15 is 0 Å². The molecule has 1 atom stereocenters.